The molecule has 0 aliphatic heterocycles. The Morgan fingerprint density at radius 2 is 2.29 bits per heavy atom. The Labute approximate surface area is 107 Å². The zero-order chi connectivity index (χ0) is 12.1. The lowest BCUT2D eigenvalue weighted by molar-refractivity contribution is 0.593. The highest BCUT2D eigenvalue weighted by atomic mass is 32.1. The number of hydrogen-bond acceptors (Lipinski definition) is 3. The molecule has 17 heavy (non-hydrogen) atoms. The van der Waals surface area contributed by atoms with Gasteiger partial charge >= 0.3 is 0 Å². The highest BCUT2D eigenvalue weighted by Gasteiger charge is 2.02. The first kappa shape index (κ1) is 12.1. The molecule has 0 spiro atoms. The van der Waals surface area contributed by atoms with Gasteiger partial charge in [0.15, 0.2) is 0 Å². The summed E-state index contributed by atoms with van der Waals surface area (Å²) in [7, 11) is 0. The first-order valence-corrected chi connectivity index (χ1v) is 6.91. The molecule has 2 nitrogen and oxygen atoms in total. The third-order valence-electron chi connectivity index (χ3n) is 2.89. The molecule has 1 N–H and O–H groups in total. The molecule has 2 aromatic rings. The van der Waals surface area contributed by atoms with Crippen molar-refractivity contribution in [3.63, 3.8) is 0 Å². The van der Waals surface area contributed by atoms with Crippen molar-refractivity contribution >= 4 is 17.0 Å². The van der Waals surface area contributed by atoms with Crippen molar-refractivity contribution in [1.29, 1.82) is 0 Å². The van der Waals surface area contributed by atoms with Crippen LogP contribution in [0.2, 0.25) is 0 Å². The van der Waals surface area contributed by atoms with E-state index in [-0.39, 0.29) is 0 Å². The number of nitrogens with one attached hydrogen (secondary N) is 1. The molecule has 0 bridgehead atoms. The van der Waals surface area contributed by atoms with Crippen molar-refractivity contribution in [2.75, 3.05) is 11.9 Å². The van der Waals surface area contributed by atoms with Gasteiger partial charge in [-0.2, -0.15) is 0 Å². The van der Waals surface area contributed by atoms with Crippen molar-refractivity contribution in [2.24, 2.45) is 5.92 Å². The standard InChI is InChI=1S/C14H18N2S/c1-3-11(2)10-16-13-6-4-5-12(9-13)14-15-7-8-17-14/h4-9,11,16H,3,10H2,1-2H3. The number of aromatic nitrogens is 1. The van der Waals surface area contributed by atoms with Gasteiger partial charge in [-0.15, -0.1) is 11.3 Å². The van der Waals surface area contributed by atoms with Crippen molar-refractivity contribution in [1.82, 2.24) is 4.98 Å². The van der Waals surface area contributed by atoms with Crippen LogP contribution in [0.5, 0.6) is 0 Å². The van der Waals surface area contributed by atoms with Crippen LogP contribution in [0.25, 0.3) is 10.6 Å². The topological polar surface area (TPSA) is 24.9 Å². The average molecular weight is 246 g/mol. The molecular formula is C14H18N2S. The van der Waals surface area contributed by atoms with Gasteiger partial charge in [-0.3, -0.25) is 0 Å². The number of anilines is 1. The van der Waals surface area contributed by atoms with E-state index in [2.05, 4.69) is 48.4 Å². The lowest BCUT2D eigenvalue weighted by Crippen LogP contribution is -2.10. The maximum absolute atomic E-state index is 4.33. The minimum atomic E-state index is 0.707. The van der Waals surface area contributed by atoms with E-state index in [0.717, 1.165) is 11.6 Å². The highest BCUT2D eigenvalue weighted by molar-refractivity contribution is 7.13. The first-order valence-electron chi connectivity index (χ1n) is 6.03. The summed E-state index contributed by atoms with van der Waals surface area (Å²) in [4.78, 5) is 4.33. The molecule has 0 saturated carbocycles. The smallest absolute Gasteiger partial charge is 0.123 e. The number of nitrogens with zero attached hydrogens (tertiary/aromatic N) is 1. The predicted molar refractivity (Wildman–Crippen MR) is 75.5 cm³/mol. The normalized spacial score (nSPS) is 12.4. The fourth-order valence-corrected chi connectivity index (χ4v) is 2.20. The second-order valence-corrected chi connectivity index (χ2v) is 5.21. The van der Waals surface area contributed by atoms with E-state index in [4.69, 9.17) is 0 Å². The second kappa shape index (κ2) is 5.82. The summed E-state index contributed by atoms with van der Waals surface area (Å²) in [6.45, 7) is 5.51. The largest absolute Gasteiger partial charge is 0.385 e. The van der Waals surface area contributed by atoms with Crippen LogP contribution in [0.4, 0.5) is 5.69 Å². The summed E-state index contributed by atoms with van der Waals surface area (Å²) < 4.78 is 0. The van der Waals surface area contributed by atoms with Crippen LogP contribution in [0.15, 0.2) is 35.8 Å². The number of rotatable bonds is 5. The number of benzene rings is 1. The van der Waals surface area contributed by atoms with Gasteiger partial charge in [0.2, 0.25) is 0 Å². The molecular weight excluding hydrogens is 228 g/mol. The zero-order valence-electron chi connectivity index (χ0n) is 10.3. The fraction of sp³-hybridized carbons (Fsp3) is 0.357. The van der Waals surface area contributed by atoms with Gasteiger partial charge in [0.25, 0.3) is 0 Å². The van der Waals surface area contributed by atoms with E-state index in [1.807, 2.05) is 11.6 Å². The van der Waals surface area contributed by atoms with Gasteiger partial charge in [0.1, 0.15) is 5.01 Å². The quantitative estimate of drug-likeness (QED) is 0.852. The van der Waals surface area contributed by atoms with Crippen LogP contribution in [0.1, 0.15) is 20.3 Å². The summed E-state index contributed by atoms with van der Waals surface area (Å²) >= 11 is 1.67. The van der Waals surface area contributed by atoms with Crippen molar-refractivity contribution in [3.05, 3.63) is 35.8 Å². The summed E-state index contributed by atoms with van der Waals surface area (Å²) in [5.74, 6) is 0.707. The van der Waals surface area contributed by atoms with Gasteiger partial charge in [0.05, 0.1) is 0 Å². The summed E-state index contributed by atoms with van der Waals surface area (Å²) in [5, 5.41) is 6.56. The molecule has 90 valence electrons. The van der Waals surface area contributed by atoms with Crippen LogP contribution in [-0.2, 0) is 0 Å². The molecule has 1 heterocycles. The van der Waals surface area contributed by atoms with Crippen LogP contribution in [0, 0.1) is 5.92 Å². The Morgan fingerprint density at radius 1 is 1.41 bits per heavy atom. The molecule has 2 rings (SSSR count). The van der Waals surface area contributed by atoms with Gasteiger partial charge in [-0.1, -0.05) is 32.4 Å². The maximum atomic E-state index is 4.33. The van der Waals surface area contributed by atoms with Crippen molar-refractivity contribution < 1.29 is 0 Å². The molecule has 1 aromatic heterocycles. The average Bonchev–Trinajstić information content (AvgIpc) is 2.90. The van der Waals surface area contributed by atoms with E-state index < -0.39 is 0 Å². The third-order valence-corrected chi connectivity index (χ3v) is 3.72. The maximum Gasteiger partial charge on any atom is 0.123 e. The second-order valence-electron chi connectivity index (χ2n) is 4.31. The van der Waals surface area contributed by atoms with E-state index in [1.54, 1.807) is 11.3 Å². The van der Waals surface area contributed by atoms with Crippen molar-refractivity contribution in [2.45, 2.75) is 20.3 Å². The van der Waals surface area contributed by atoms with E-state index in [0.29, 0.717) is 5.92 Å². The molecule has 0 radical (unpaired) electrons. The van der Waals surface area contributed by atoms with Gasteiger partial charge in [-0.05, 0) is 18.1 Å². The first-order chi connectivity index (χ1) is 8.29. The molecule has 1 atom stereocenters. The predicted octanol–water partition coefficient (Wildman–Crippen LogP) is 4.27. The molecule has 1 unspecified atom stereocenters. The minimum absolute atomic E-state index is 0.707. The van der Waals surface area contributed by atoms with Crippen LogP contribution in [-0.4, -0.2) is 11.5 Å². The molecule has 0 aliphatic rings. The third kappa shape index (κ3) is 3.30. The summed E-state index contributed by atoms with van der Waals surface area (Å²) in [6.07, 6.45) is 3.05. The van der Waals surface area contributed by atoms with Gasteiger partial charge < -0.3 is 5.32 Å². The molecule has 0 amide bonds. The van der Waals surface area contributed by atoms with Gasteiger partial charge in [0, 0.05) is 29.4 Å². The Hall–Kier alpha value is -1.35. The molecule has 3 heteroatoms. The Kier molecular flexibility index (Phi) is 4.15. The SMILES string of the molecule is CCC(C)CNc1cccc(-c2nccs2)c1. The fourth-order valence-electron chi connectivity index (χ4n) is 1.56. The lowest BCUT2D eigenvalue weighted by Gasteiger charge is -2.11. The van der Waals surface area contributed by atoms with E-state index >= 15 is 0 Å². The number of thiazole rings is 1. The molecule has 0 aliphatic carbocycles. The molecule has 0 saturated heterocycles. The molecule has 0 fully saturated rings. The summed E-state index contributed by atoms with van der Waals surface area (Å²) in [5.41, 5.74) is 2.37. The number of hydrogen-bond donors (Lipinski definition) is 1. The lowest BCUT2D eigenvalue weighted by atomic mass is 10.1. The minimum Gasteiger partial charge on any atom is -0.385 e. The zero-order valence-corrected chi connectivity index (χ0v) is 11.1. The molecule has 1 aromatic carbocycles. The van der Waals surface area contributed by atoms with Crippen molar-refractivity contribution in [3.8, 4) is 10.6 Å². The van der Waals surface area contributed by atoms with E-state index in [9.17, 15) is 0 Å². The highest BCUT2D eigenvalue weighted by Crippen LogP contribution is 2.24. The Bertz CT molecular complexity index is 451. The van der Waals surface area contributed by atoms with Crippen LogP contribution >= 0.6 is 11.3 Å². The van der Waals surface area contributed by atoms with Gasteiger partial charge in [-0.25, -0.2) is 4.98 Å². The van der Waals surface area contributed by atoms with E-state index in [1.165, 1.54) is 17.7 Å². The monoisotopic (exact) mass is 246 g/mol. The van der Waals surface area contributed by atoms with Crippen LogP contribution < -0.4 is 5.32 Å². The Morgan fingerprint density at radius 3 is 3.00 bits per heavy atom. The van der Waals surface area contributed by atoms with Crippen LogP contribution in [0.3, 0.4) is 0 Å². The Balaban J connectivity index is 2.07. The summed E-state index contributed by atoms with van der Waals surface area (Å²) in [6, 6.07) is 8.46.